The lowest BCUT2D eigenvalue weighted by molar-refractivity contribution is -0.142. The second kappa shape index (κ2) is 5.23. The summed E-state index contributed by atoms with van der Waals surface area (Å²) in [7, 11) is 0. The van der Waals surface area contributed by atoms with Gasteiger partial charge in [-0.3, -0.25) is 4.79 Å². The minimum Gasteiger partial charge on any atom is -0.481 e. The van der Waals surface area contributed by atoms with Gasteiger partial charge in [0.2, 0.25) is 0 Å². The van der Waals surface area contributed by atoms with Gasteiger partial charge in [-0.2, -0.15) is 11.8 Å². The maximum atomic E-state index is 12.4. The lowest BCUT2D eigenvalue weighted by Crippen LogP contribution is -2.48. The van der Waals surface area contributed by atoms with Crippen LogP contribution in [0.2, 0.25) is 0 Å². The lowest BCUT2D eigenvalue weighted by atomic mass is 9.89. The number of thioether (sulfide) groups is 1. The number of fused-ring (bicyclic) bond motifs is 2. The SMILES string of the molecule is O=C(O)C1CC2CCC1N2C(=O)NC1CCSCC1. The number of nitrogens with one attached hydrogen (secondary N) is 1. The number of hydrogen-bond donors (Lipinski definition) is 2. The zero-order valence-corrected chi connectivity index (χ0v) is 11.7. The van der Waals surface area contributed by atoms with Gasteiger partial charge in [-0.1, -0.05) is 0 Å². The van der Waals surface area contributed by atoms with Crippen molar-refractivity contribution in [3.8, 4) is 0 Å². The molecule has 0 saturated carbocycles. The molecule has 0 aliphatic carbocycles. The van der Waals surface area contributed by atoms with E-state index in [0.29, 0.717) is 6.42 Å². The molecule has 2 amide bonds. The van der Waals surface area contributed by atoms with Crippen LogP contribution in [0.1, 0.15) is 32.1 Å². The largest absolute Gasteiger partial charge is 0.481 e. The maximum absolute atomic E-state index is 12.4. The quantitative estimate of drug-likeness (QED) is 0.807. The molecule has 3 heterocycles. The highest BCUT2D eigenvalue weighted by atomic mass is 32.2. The zero-order valence-electron chi connectivity index (χ0n) is 10.9. The van der Waals surface area contributed by atoms with Gasteiger partial charge in [0, 0.05) is 18.1 Å². The van der Waals surface area contributed by atoms with Crippen LogP contribution in [0.4, 0.5) is 4.79 Å². The predicted octanol–water partition coefficient (Wildman–Crippen LogP) is 1.53. The van der Waals surface area contributed by atoms with Crippen molar-refractivity contribution in [2.24, 2.45) is 5.92 Å². The third-order valence-electron chi connectivity index (χ3n) is 4.64. The summed E-state index contributed by atoms with van der Waals surface area (Å²) in [5, 5.41) is 12.3. The van der Waals surface area contributed by atoms with E-state index in [0.717, 1.165) is 37.2 Å². The molecular formula is C13H20N2O3S. The summed E-state index contributed by atoms with van der Waals surface area (Å²) in [6.07, 6.45) is 4.50. The Morgan fingerprint density at radius 3 is 2.53 bits per heavy atom. The summed E-state index contributed by atoms with van der Waals surface area (Å²) >= 11 is 1.93. The van der Waals surface area contributed by atoms with E-state index in [2.05, 4.69) is 5.32 Å². The standard InChI is InChI=1S/C13H20N2O3S/c16-12(17)10-7-9-1-2-11(10)15(9)13(18)14-8-3-5-19-6-4-8/h8-11H,1-7H2,(H,14,18)(H,16,17). The van der Waals surface area contributed by atoms with E-state index < -0.39 is 5.97 Å². The topological polar surface area (TPSA) is 69.6 Å². The summed E-state index contributed by atoms with van der Waals surface area (Å²) in [5.74, 6) is 1.11. The van der Waals surface area contributed by atoms with E-state index in [1.165, 1.54) is 0 Å². The average Bonchev–Trinajstić information content (AvgIpc) is 2.97. The molecule has 6 heteroatoms. The Bertz CT molecular complexity index is 384. The van der Waals surface area contributed by atoms with Gasteiger partial charge in [0.05, 0.1) is 5.92 Å². The van der Waals surface area contributed by atoms with Crippen LogP contribution in [0.15, 0.2) is 0 Å². The summed E-state index contributed by atoms with van der Waals surface area (Å²) < 4.78 is 0. The highest BCUT2D eigenvalue weighted by Crippen LogP contribution is 2.41. The van der Waals surface area contributed by atoms with Crippen molar-refractivity contribution in [2.75, 3.05) is 11.5 Å². The van der Waals surface area contributed by atoms with Crippen molar-refractivity contribution in [1.29, 1.82) is 0 Å². The number of aliphatic carboxylic acids is 1. The van der Waals surface area contributed by atoms with Crippen LogP contribution in [-0.4, -0.2) is 51.6 Å². The van der Waals surface area contributed by atoms with E-state index in [1.54, 1.807) is 0 Å². The number of rotatable bonds is 2. The van der Waals surface area contributed by atoms with Gasteiger partial charge in [-0.15, -0.1) is 0 Å². The van der Waals surface area contributed by atoms with E-state index in [9.17, 15) is 14.7 Å². The van der Waals surface area contributed by atoms with Crippen LogP contribution in [0.3, 0.4) is 0 Å². The third-order valence-corrected chi connectivity index (χ3v) is 5.69. The molecule has 106 valence electrons. The highest BCUT2D eigenvalue weighted by Gasteiger charge is 2.51. The molecule has 0 spiro atoms. The predicted molar refractivity (Wildman–Crippen MR) is 73.3 cm³/mol. The van der Waals surface area contributed by atoms with Crippen LogP contribution in [0.5, 0.6) is 0 Å². The first-order chi connectivity index (χ1) is 9.16. The highest BCUT2D eigenvalue weighted by molar-refractivity contribution is 7.99. The fourth-order valence-corrected chi connectivity index (χ4v) is 4.77. The molecule has 3 unspecified atom stereocenters. The molecule has 2 N–H and O–H groups in total. The molecule has 3 atom stereocenters. The number of amides is 2. The molecule has 3 fully saturated rings. The fraction of sp³-hybridized carbons (Fsp3) is 0.846. The summed E-state index contributed by atoms with van der Waals surface area (Å²) in [4.78, 5) is 25.4. The molecule has 0 aromatic heterocycles. The molecule has 3 rings (SSSR count). The Hall–Kier alpha value is -0.910. The summed E-state index contributed by atoms with van der Waals surface area (Å²) in [6.45, 7) is 0. The maximum Gasteiger partial charge on any atom is 0.318 e. The third kappa shape index (κ3) is 2.42. The number of carbonyl (C=O) groups excluding carboxylic acids is 1. The van der Waals surface area contributed by atoms with E-state index in [4.69, 9.17) is 0 Å². The smallest absolute Gasteiger partial charge is 0.318 e. The van der Waals surface area contributed by atoms with Crippen molar-refractivity contribution in [3.05, 3.63) is 0 Å². The minimum absolute atomic E-state index is 0.0341. The van der Waals surface area contributed by atoms with Crippen LogP contribution < -0.4 is 5.32 Å². The first kappa shape index (κ1) is 13.1. The van der Waals surface area contributed by atoms with Gasteiger partial charge in [-0.25, -0.2) is 4.79 Å². The molecule has 3 aliphatic rings. The normalized spacial score (nSPS) is 34.5. The molecule has 0 radical (unpaired) electrons. The summed E-state index contributed by atoms with van der Waals surface area (Å²) in [5.41, 5.74) is 0. The molecule has 19 heavy (non-hydrogen) atoms. The van der Waals surface area contributed by atoms with Gasteiger partial charge >= 0.3 is 12.0 Å². The van der Waals surface area contributed by atoms with Crippen LogP contribution in [-0.2, 0) is 4.79 Å². The molecule has 5 nitrogen and oxygen atoms in total. The van der Waals surface area contributed by atoms with Crippen LogP contribution >= 0.6 is 11.8 Å². The fourth-order valence-electron chi connectivity index (χ4n) is 3.66. The van der Waals surface area contributed by atoms with Crippen LogP contribution in [0, 0.1) is 5.92 Å². The van der Waals surface area contributed by atoms with Gasteiger partial charge < -0.3 is 15.3 Å². The second-order valence-electron chi connectivity index (χ2n) is 5.72. The summed E-state index contributed by atoms with van der Waals surface area (Å²) in [6, 6.07) is 0.301. The Kier molecular flexibility index (Phi) is 3.60. The molecular weight excluding hydrogens is 264 g/mol. The Morgan fingerprint density at radius 2 is 1.89 bits per heavy atom. The molecule has 0 aromatic carbocycles. The first-order valence-electron chi connectivity index (χ1n) is 7.06. The minimum atomic E-state index is -0.751. The van der Waals surface area contributed by atoms with Crippen LogP contribution in [0.25, 0.3) is 0 Å². The molecule has 0 aromatic rings. The van der Waals surface area contributed by atoms with Gasteiger partial charge in [0.1, 0.15) is 0 Å². The number of nitrogens with zero attached hydrogens (tertiary/aromatic N) is 1. The van der Waals surface area contributed by atoms with Crippen molar-refractivity contribution in [2.45, 2.75) is 50.2 Å². The van der Waals surface area contributed by atoms with E-state index in [1.807, 2.05) is 16.7 Å². The monoisotopic (exact) mass is 284 g/mol. The van der Waals surface area contributed by atoms with E-state index in [-0.39, 0.29) is 30.1 Å². The van der Waals surface area contributed by atoms with Crippen molar-refractivity contribution >= 4 is 23.8 Å². The Morgan fingerprint density at radius 1 is 1.16 bits per heavy atom. The molecule has 2 bridgehead atoms. The number of carboxylic acids is 1. The molecule has 3 saturated heterocycles. The number of hydrogen-bond acceptors (Lipinski definition) is 3. The number of carboxylic acid groups (broad SMARTS) is 1. The Balaban J connectivity index is 1.62. The second-order valence-corrected chi connectivity index (χ2v) is 6.95. The van der Waals surface area contributed by atoms with Crippen molar-refractivity contribution in [1.82, 2.24) is 10.2 Å². The van der Waals surface area contributed by atoms with Gasteiger partial charge in [0.15, 0.2) is 0 Å². The van der Waals surface area contributed by atoms with Crippen molar-refractivity contribution in [3.63, 3.8) is 0 Å². The number of urea groups is 1. The Labute approximate surface area is 117 Å². The van der Waals surface area contributed by atoms with Gasteiger partial charge in [-0.05, 0) is 43.6 Å². The number of carbonyl (C=O) groups is 2. The molecule has 3 aliphatic heterocycles. The zero-order chi connectivity index (χ0) is 13.4. The average molecular weight is 284 g/mol. The van der Waals surface area contributed by atoms with Crippen molar-refractivity contribution < 1.29 is 14.7 Å². The van der Waals surface area contributed by atoms with Gasteiger partial charge in [0.25, 0.3) is 0 Å². The first-order valence-corrected chi connectivity index (χ1v) is 8.21. The lowest BCUT2D eigenvalue weighted by Gasteiger charge is -2.28. The van der Waals surface area contributed by atoms with E-state index >= 15 is 0 Å².